The van der Waals surface area contributed by atoms with E-state index in [0.717, 1.165) is 29.0 Å². The standard InChI is InChI=1S/C16H17ClN2O2/c1-20-14-6-5-11(17)9-13(14)15(19-18)12-4-2-3-10-7-8-21-16(10)12/h2-6,9,15,19H,7-8,18H2,1H3. The summed E-state index contributed by atoms with van der Waals surface area (Å²) in [5.74, 6) is 7.44. The molecule has 0 amide bonds. The van der Waals surface area contributed by atoms with Crippen LogP contribution in [0.3, 0.4) is 0 Å². The molecule has 1 aliphatic rings. The minimum atomic E-state index is -0.244. The first-order valence-corrected chi connectivity index (χ1v) is 7.16. The molecule has 1 unspecified atom stereocenters. The van der Waals surface area contributed by atoms with Gasteiger partial charge in [-0.25, -0.2) is 5.43 Å². The van der Waals surface area contributed by atoms with Gasteiger partial charge in [0.25, 0.3) is 0 Å². The molecule has 0 fully saturated rings. The van der Waals surface area contributed by atoms with Gasteiger partial charge in [0.15, 0.2) is 0 Å². The molecule has 1 aliphatic heterocycles. The molecule has 0 aliphatic carbocycles. The lowest BCUT2D eigenvalue weighted by Crippen LogP contribution is -2.29. The molecular weight excluding hydrogens is 288 g/mol. The van der Waals surface area contributed by atoms with E-state index in [2.05, 4.69) is 11.5 Å². The fourth-order valence-corrected chi connectivity index (χ4v) is 2.93. The van der Waals surface area contributed by atoms with Gasteiger partial charge in [0, 0.05) is 22.6 Å². The number of hydrogen-bond acceptors (Lipinski definition) is 4. The number of methoxy groups -OCH3 is 1. The van der Waals surface area contributed by atoms with Gasteiger partial charge in [-0.05, 0) is 23.8 Å². The Labute approximate surface area is 128 Å². The van der Waals surface area contributed by atoms with Gasteiger partial charge < -0.3 is 9.47 Å². The first-order valence-electron chi connectivity index (χ1n) is 6.78. The molecule has 1 heterocycles. The number of fused-ring (bicyclic) bond motifs is 1. The van der Waals surface area contributed by atoms with Crippen molar-refractivity contribution in [3.63, 3.8) is 0 Å². The van der Waals surface area contributed by atoms with Crippen LogP contribution in [-0.4, -0.2) is 13.7 Å². The van der Waals surface area contributed by atoms with Crippen LogP contribution in [0, 0.1) is 0 Å². The van der Waals surface area contributed by atoms with Gasteiger partial charge in [-0.1, -0.05) is 29.8 Å². The summed E-state index contributed by atoms with van der Waals surface area (Å²) in [6.45, 7) is 0.705. The zero-order valence-electron chi connectivity index (χ0n) is 11.7. The van der Waals surface area contributed by atoms with Crippen molar-refractivity contribution in [2.75, 3.05) is 13.7 Å². The van der Waals surface area contributed by atoms with Crippen molar-refractivity contribution in [3.05, 3.63) is 58.1 Å². The molecular formula is C16H17ClN2O2. The Morgan fingerprint density at radius 2 is 2.14 bits per heavy atom. The van der Waals surface area contributed by atoms with Gasteiger partial charge in [0.1, 0.15) is 11.5 Å². The monoisotopic (exact) mass is 304 g/mol. The topological polar surface area (TPSA) is 56.5 Å². The van der Waals surface area contributed by atoms with E-state index in [1.807, 2.05) is 24.3 Å². The number of para-hydroxylation sites is 1. The molecule has 2 aromatic rings. The maximum Gasteiger partial charge on any atom is 0.127 e. The second-order valence-electron chi connectivity index (χ2n) is 4.92. The van der Waals surface area contributed by atoms with E-state index in [-0.39, 0.29) is 6.04 Å². The van der Waals surface area contributed by atoms with Gasteiger partial charge in [0.05, 0.1) is 19.8 Å². The Morgan fingerprint density at radius 1 is 1.29 bits per heavy atom. The van der Waals surface area contributed by atoms with Gasteiger partial charge in [-0.2, -0.15) is 0 Å². The zero-order chi connectivity index (χ0) is 14.8. The average molecular weight is 305 g/mol. The molecule has 21 heavy (non-hydrogen) atoms. The molecule has 0 radical (unpaired) electrons. The van der Waals surface area contributed by atoms with Gasteiger partial charge >= 0.3 is 0 Å². The fraction of sp³-hybridized carbons (Fsp3) is 0.250. The second kappa shape index (κ2) is 5.93. The number of halogens is 1. The molecule has 2 aromatic carbocycles. The van der Waals surface area contributed by atoms with Crippen molar-refractivity contribution in [1.82, 2.24) is 5.43 Å². The maximum atomic E-state index is 6.12. The number of rotatable bonds is 4. The number of benzene rings is 2. The van der Waals surface area contributed by atoms with E-state index in [1.54, 1.807) is 13.2 Å². The quantitative estimate of drug-likeness (QED) is 0.673. The normalized spacial score (nSPS) is 14.4. The van der Waals surface area contributed by atoms with E-state index in [0.29, 0.717) is 11.6 Å². The summed E-state index contributed by atoms with van der Waals surface area (Å²) >= 11 is 6.12. The summed E-state index contributed by atoms with van der Waals surface area (Å²) in [5, 5.41) is 0.638. The molecule has 0 saturated heterocycles. The molecule has 0 aromatic heterocycles. The van der Waals surface area contributed by atoms with Crippen LogP contribution in [0.5, 0.6) is 11.5 Å². The third kappa shape index (κ3) is 2.58. The smallest absolute Gasteiger partial charge is 0.127 e. The molecule has 110 valence electrons. The maximum absolute atomic E-state index is 6.12. The number of hydrazine groups is 1. The van der Waals surface area contributed by atoms with Crippen LogP contribution in [0.15, 0.2) is 36.4 Å². The Morgan fingerprint density at radius 3 is 2.90 bits per heavy atom. The lowest BCUT2D eigenvalue weighted by Gasteiger charge is -2.21. The third-order valence-corrected chi connectivity index (χ3v) is 3.96. The number of ether oxygens (including phenoxy) is 2. The summed E-state index contributed by atoms with van der Waals surface area (Å²) in [7, 11) is 1.63. The molecule has 4 nitrogen and oxygen atoms in total. The van der Waals surface area contributed by atoms with Crippen molar-refractivity contribution in [1.29, 1.82) is 0 Å². The van der Waals surface area contributed by atoms with E-state index >= 15 is 0 Å². The largest absolute Gasteiger partial charge is 0.496 e. The van der Waals surface area contributed by atoms with Crippen LogP contribution in [0.1, 0.15) is 22.7 Å². The minimum Gasteiger partial charge on any atom is -0.496 e. The highest BCUT2D eigenvalue weighted by Crippen LogP contribution is 2.39. The first-order chi connectivity index (χ1) is 10.2. The van der Waals surface area contributed by atoms with Crippen molar-refractivity contribution in [2.24, 2.45) is 5.84 Å². The number of nitrogens with two attached hydrogens (primary N) is 1. The van der Waals surface area contributed by atoms with Crippen LogP contribution >= 0.6 is 11.6 Å². The summed E-state index contributed by atoms with van der Waals surface area (Å²) in [5.41, 5.74) is 5.93. The van der Waals surface area contributed by atoms with Crippen LogP contribution in [0.25, 0.3) is 0 Å². The van der Waals surface area contributed by atoms with E-state index in [1.165, 1.54) is 5.56 Å². The second-order valence-corrected chi connectivity index (χ2v) is 5.36. The minimum absolute atomic E-state index is 0.244. The van der Waals surface area contributed by atoms with E-state index in [4.69, 9.17) is 26.9 Å². The highest BCUT2D eigenvalue weighted by atomic mass is 35.5. The molecule has 0 bridgehead atoms. The summed E-state index contributed by atoms with van der Waals surface area (Å²) in [6, 6.07) is 11.4. The molecule has 3 rings (SSSR count). The fourth-order valence-electron chi connectivity index (χ4n) is 2.75. The van der Waals surface area contributed by atoms with Crippen LogP contribution in [0.4, 0.5) is 0 Å². The predicted molar refractivity (Wildman–Crippen MR) is 82.8 cm³/mol. The van der Waals surface area contributed by atoms with Crippen molar-refractivity contribution >= 4 is 11.6 Å². The summed E-state index contributed by atoms with van der Waals surface area (Å²) in [4.78, 5) is 0. The Balaban J connectivity index is 2.11. The lowest BCUT2D eigenvalue weighted by molar-refractivity contribution is 0.349. The Bertz CT molecular complexity index is 659. The predicted octanol–water partition coefficient (Wildman–Crippen LogP) is 2.84. The SMILES string of the molecule is COc1ccc(Cl)cc1C(NN)c1cccc2c1OCC2. The lowest BCUT2D eigenvalue weighted by atomic mass is 9.95. The van der Waals surface area contributed by atoms with Gasteiger partial charge in [-0.3, -0.25) is 5.84 Å². The highest BCUT2D eigenvalue weighted by molar-refractivity contribution is 6.30. The summed E-state index contributed by atoms with van der Waals surface area (Å²) < 4.78 is 11.2. The van der Waals surface area contributed by atoms with Crippen molar-refractivity contribution < 1.29 is 9.47 Å². The zero-order valence-corrected chi connectivity index (χ0v) is 12.5. The third-order valence-electron chi connectivity index (χ3n) is 3.73. The van der Waals surface area contributed by atoms with Gasteiger partial charge in [-0.15, -0.1) is 0 Å². The van der Waals surface area contributed by atoms with Crippen LogP contribution < -0.4 is 20.7 Å². The van der Waals surface area contributed by atoms with Crippen LogP contribution in [-0.2, 0) is 6.42 Å². The van der Waals surface area contributed by atoms with Gasteiger partial charge in [0.2, 0.25) is 0 Å². The Kier molecular flexibility index (Phi) is 4.01. The average Bonchev–Trinajstić information content (AvgIpc) is 2.97. The van der Waals surface area contributed by atoms with Crippen LogP contribution in [0.2, 0.25) is 5.02 Å². The molecule has 0 spiro atoms. The number of nitrogens with one attached hydrogen (secondary N) is 1. The van der Waals surface area contributed by atoms with E-state index < -0.39 is 0 Å². The molecule has 5 heteroatoms. The number of hydrogen-bond donors (Lipinski definition) is 2. The molecule has 1 atom stereocenters. The van der Waals surface area contributed by atoms with Crippen molar-refractivity contribution in [2.45, 2.75) is 12.5 Å². The molecule has 0 saturated carbocycles. The van der Waals surface area contributed by atoms with E-state index in [9.17, 15) is 0 Å². The van der Waals surface area contributed by atoms with Crippen molar-refractivity contribution in [3.8, 4) is 11.5 Å². The Hall–Kier alpha value is -1.75. The highest BCUT2D eigenvalue weighted by Gasteiger charge is 2.25. The summed E-state index contributed by atoms with van der Waals surface area (Å²) in [6.07, 6.45) is 0.924. The first kappa shape index (κ1) is 14.2. The molecule has 3 N–H and O–H groups in total.